The summed E-state index contributed by atoms with van der Waals surface area (Å²) >= 11 is 6.39. The van der Waals surface area contributed by atoms with Crippen molar-refractivity contribution < 1.29 is 27.8 Å². The van der Waals surface area contributed by atoms with E-state index in [0.717, 1.165) is 55.7 Å². The van der Waals surface area contributed by atoms with E-state index in [9.17, 15) is 18.3 Å². The summed E-state index contributed by atoms with van der Waals surface area (Å²) in [5, 5.41) is 12.0. The van der Waals surface area contributed by atoms with Gasteiger partial charge in [0.1, 0.15) is 5.75 Å². The molecule has 9 nitrogen and oxygen atoms in total. The van der Waals surface area contributed by atoms with E-state index >= 15 is 0 Å². The van der Waals surface area contributed by atoms with E-state index < -0.39 is 22.2 Å². The van der Waals surface area contributed by atoms with Crippen molar-refractivity contribution in [1.82, 2.24) is 9.03 Å². The van der Waals surface area contributed by atoms with Crippen molar-refractivity contribution in [1.29, 1.82) is 0 Å². The first kappa shape index (κ1) is 30.0. The third kappa shape index (κ3) is 5.75. The van der Waals surface area contributed by atoms with Crippen molar-refractivity contribution in [3.8, 4) is 5.75 Å². The quantitative estimate of drug-likeness (QED) is 0.473. The normalized spacial score (nSPS) is 32.6. The number of aliphatic hydroxyl groups excluding tert-OH is 1. The van der Waals surface area contributed by atoms with Gasteiger partial charge in [-0.2, -0.15) is 12.7 Å². The van der Waals surface area contributed by atoms with Gasteiger partial charge in [0.2, 0.25) is 0 Å². The van der Waals surface area contributed by atoms with E-state index in [-0.39, 0.29) is 42.0 Å². The van der Waals surface area contributed by atoms with Gasteiger partial charge in [-0.1, -0.05) is 29.8 Å². The number of fused-ring (bicyclic) bond motifs is 4. The van der Waals surface area contributed by atoms with Crippen LogP contribution in [0.25, 0.3) is 0 Å². The number of benzene rings is 2. The first-order chi connectivity index (χ1) is 21.2. The highest BCUT2D eigenvalue weighted by Gasteiger charge is 2.44. The predicted molar refractivity (Wildman–Crippen MR) is 169 cm³/mol. The fourth-order valence-corrected chi connectivity index (χ4v) is 9.12. The molecule has 44 heavy (non-hydrogen) atoms. The summed E-state index contributed by atoms with van der Waals surface area (Å²) in [7, 11) is -4.19. The molecule has 1 saturated heterocycles. The Hall–Kier alpha value is -2.63. The molecular weight excluding hydrogens is 602 g/mol. The van der Waals surface area contributed by atoms with E-state index in [4.69, 9.17) is 21.1 Å². The molecule has 11 heteroatoms. The van der Waals surface area contributed by atoms with Crippen LogP contribution in [-0.4, -0.2) is 75.3 Å². The number of hydrogen-bond donors (Lipinski definition) is 2. The van der Waals surface area contributed by atoms with Crippen molar-refractivity contribution in [3.63, 3.8) is 0 Å². The molecule has 0 unspecified atom stereocenters. The summed E-state index contributed by atoms with van der Waals surface area (Å²) in [6, 6.07) is 11.3. The van der Waals surface area contributed by atoms with Crippen molar-refractivity contribution in [3.05, 3.63) is 70.3 Å². The Labute approximate surface area is 264 Å². The first-order valence-corrected chi connectivity index (χ1v) is 17.6. The molecule has 2 bridgehead atoms. The fourth-order valence-electron chi connectivity index (χ4n) is 7.80. The average molecular weight is 642 g/mol. The fraction of sp³-hybridized carbons (Fsp3) is 0.545. The molecule has 2 aliphatic carbocycles. The summed E-state index contributed by atoms with van der Waals surface area (Å²) in [5.41, 5.74) is 3.25. The monoisotopic (exact) mass is 641 g/mol. The van der Waals surface area contributed by atoms with Crippen LogP contribution in [0.3, 0.4) is 0 Å². The molecule has 236 valence electrons. The number of carbonyl (C=O) groups excluding carboxylic acids is 1. The van der Waals surface area contributed by atoms with E-state index in [1.54, 1.807) is 30.4 Å². The lowest BCUT2D eigenvalue weighted by molar-refractivity contribution is 0.0455. The van der Waals surface area contributed by atoms with Crippen LogP contribution in [0, 0.1) is 11.8 Å². The highest BCUT2D eigenvalue weighted by Crippen LogP contribution is 2.46. The van der Waals surface area contributed by atoms with E-state index in [2.05, 4.69) is 21.8 Å². The zero-order valence-corrected chi connectivity index (χ0v) is 26.4. The molecule has 7 rings (SSSR count). The zero-order chi connectivity index (χ0) is 30.5. The number of rotatable bonds is 2. The van der Waals surface area contributed by atoms with Crippen LogP contribution < -0.4 is 14.4 Å². The van der Waals surface area contributed by atoms with Gasteiger partial charge in [-0.15, -0.1) is 0 Å². The maximum absolute atomic E-state index is 13.5. The molecule has 1 amide bonds. The summed E-state index contributed by atoms with van der Waals surface area (Å²) in [4.78, 5) is 15.8. The second-order valence-electron chi connectivity index (χ2n) is 13.1. The average Bonchev–Trinajstić information content (AvgIpc) is 3.44. The van der Waals surface area contributed by atoms with E-state index in [1.165, 1.54) is 15.4 Å². The topological polar surface area (TPSA) is 108 Å². The molecule has 2 aromatic carbocycles. The minimum atomic E-state index is -4.19. The van der Waals surface area contributed by atoms with Crippen molar-refractivity contribution in [2.24, 2.45) is 11.8 Å². The maximum atomic E-state index is 13.5. The lowest BCUT2D eigenvalue weighted by Gasteiger charge is -2.45. The van der Waals surface area contributed by atoms with E-state index in [1.807, 2.05) is 6.07 Å². The van der Waals surface area contributed by atoms with Crippen molar-refractivity contribution in [2.45, 2.75) is 62.6 Å². The number of hydrogen-bond acceptors (Lipinski definition) is 7. The van der Waals surface area contributed by atoms with Crippen LogP contribution in [-0.2, 0) is 26.8 Å². The van der Waals surface area contributed by atoms with Gasteiger partial charge in [-0.25, -0.2) is 4.72 Å². The van der Waals surface area contributed by atoms with Crippen LogP contribution >= 0.6 is 11.6 Å². The second-order valence-corrected chi connectivity index (χ2v) is 15.2. The largest absolute Gasteiger partial charge is 0.490 e. The Kier molecular flexibility index (Phi) is 8.16. The predicted octanol–water partition coefficient (Wildman–Crippen LogP) is 4.23. The Balaban J connectivity index is 1.26. The maximum Gasteiger partial charge on any atom is 0.304 e. The number of aliphatic hydroxyl groups is 1. The van der Waals surface area contributed by atoms with Crippen LogP contribution in [0.4, 0.5) is 5.69 Å². The molecule has 2 N–H and O–H groups in total. The van der Waals surface area contributed by atoms with Crippen molar-refractivity contribution >= 4 is 33.4 Å². The minimum absolute atomic E-state index is 0.0347. The molecule has 5 atom stereocenters. The Morgan fingerprint density at radius 1 is 1.11 bits per heavy atom. The molecule has 2 fully saturated rings. The molecule has 5 aliphatic rings. The van der Waals surface area contributed by atoms with Gasteiger partial charge in [0, 0.05) is 48.8 Å². The number of nitrogens with zero attached hydrogens (tertiary/aromatic N) is 2. The van der Waals surface area contributed by atoms with Gasteiger partial charge in [0.25, 0.3) is 5.91 Å². The Bertz CT molecular complexity index is 1560. The third-order valence-corrected chi connectivity index (χ3v) is 12.0. The lowest BCUT2D eigenvalue weighted by Crippen LogP contribution is -2.49. The van der Waals surface area contributed by atoms with Crippen LogP contribution in [0.1, 0.15) is 60.0 Å². The number of amides is 1. The molecule has 3 aliphatic heterocycles. The molecule has 3 heterocycles. The number of aryl methyl sites for hydroxylation is 1. The Morgan fingerprint density at radius 3 is 2.80 bits per heavy atom. The van der Waals surface area contributed by atoms with Gasteiger partial charge >= 0.3 is 10.2 Å². The molecule has 0 aromatic heterocycles. The molecule has 2 aromatic rings. The highest BCUT2D eigenvalue weighted by atomic mass is 35.5. The summed E-state index contributed by atoms with van der Waals surface area (Å²) in [6.45, 7) is 2.63. The number of ether oxygens (including phenoxy) is 2. The van der Waals surface area contributed by atoms with Gasteiger partial charge in [-0.3, -0.25) is 4.79 Å². The van der Waals surface area contributed by atoms with Gasteiger partial charge in [0.05, 0.1) is 24.5 Å². The number of carbonyl (C=O) groups is 1. The van der Waals surface area contributed by atoms with Crippen LogP contribution in [0.15, 0.2) is 48.6 Å². The molecule has 0 radical (unpaired) electrons. The lowest BCUT2D eigenvalue weighted by atomic mass is 9.68. The van der Waals surface area contributed by atoms with Crippen LogP contribution in [0.5, 0.6) is 5.75 Å². The molecular formula is C33H40ClN3O6S. The number of nitrogens with one attached hydrogen (secondary N) is 1. The summed E-state index contributed by atoms with van der Waals surface area (Å²) in [5.74, 6) is 0.272. The Morgan fingerprint density at radius 2 is 2.00 bits per heavy atom. The second kappa shape index (κ2) is 11.9. The van der Waals surface area contributed by atoms with Gasteiger partial charge in [-0.05, 0) is 98.2 Å². The number of anilines is 1. The minimum Gasteiger partial charge on any atom is -0.490 e. The van der Waals surface area contributed by atoms with Crippen LogP contribution in [0.2, 0.25) is 5.02 Å². The molecule has 1 spiro atoms. The van der Waals surface area contributed by atoms with Gasteiger partial charge in [0.15, 0.2) is 0 Å². The highest BCUT2D eigenvalue weighted by molar-refractivity contribution is 7.87. The number of halogens is 1. The standard InChI is InChI=1S/C33H40ClN3O6S/c34-25-9-11-28-22(16-25)4-1-13-33(28)20-36-18-24-7-10-27(24)30(38)6-2-14-37(19-26-5-3-15-42-26)44(40,41)35-32(39)23-8-12-31(43-21-33)29(36)17-23/h2,6,8-9,11-12,16-17,24,26-27,30,38H,1,3-5,7,10,13-15,18-21H2,(H,35,39)/b6-2+/t24-,26+,27+,30-,33-/m0/s1. The SMILES string of the molecule is O=C1NS(=O)(=O)N(C[C@H]2CCCO2)C/C=C/[C@H](O)[C@@H]2CC[C@H]2CN2C[C@@]3(CCCc4cc(Cl)ccc43)COc3ccc1cc32. The van der Waals surface area contributed by atoms with E-state index in [0.29, 0.717) is 32.1 Å². The summed E-state index contributed by atoms with van der Waals surface area (Å²) < 4.78 is 42.9. The molecule has 1 saturated carbocycles. The van der Waals surface area contributed by atoms with Gasteiger partial charge < -0.3 is 19.5 Å². The third-order valence-electron chi connectivity index (χ3n) is 10.3. The van der Waals surface area contributed by atoms with Crippen molar-refractivity contribution in [2.75, 3.05) is 44.3 Å². The first-order valence-electron chi connectivity index (χ1n) is 15.8. The summed E-state index contributed by atoms with van der Waals surface area (Å²) in [6.07, 6.45) is 8.96. The smallest absolute Gasteiger partial charge is 0.304 e. The zero-order valence-electron chi connectivity index (χ0n) is 24.8.